The van der Waals surface area contributed by atoms with Crippen LogP contribution in [0.1, 0.15) is 37.0 Å². The molecule has 0 fully saturated rings. The predicted octanol–water partition coefficient (Wildman–Crippen LogP) is 2.50. The number of carbonyl (C=O) groups is 2. The Morgan fingerprint density at radius 2 is 2.10 bits per heavy atom. The summed E-state index contributed by atoms with van der Waals surface area (Å²) in [6.45, 7) is 3.55. The smallest absolute Gasteiger partial charge is 0.339 e. The summed E-state index contributed by atoms with van der Waals surface area (Å²) in [5.41, 5.74) is 5.09. The highest BCUT2D eigenvalue weighted by atomic mass is 35.5. The van der Waals surface area contributed by atoms with E-state index in [1.54, 1.807) is 6.92 Å². The van der Waals surface area contributed by atoms with Gasteiger partial charge >= 0.3 is 5.97 Å². The minimum Gasteiger partial charge on any atom is -0.496 e. The Balaban J connectivity index is 3.10. The number of carboxylic acids is 1. The molecule has 0 spiro atoms. The third-order valence-electron chi connectivity index (χ3n) is 3.06. The molecular weight excluding hydrogens is 296 g/mol. The molecule has 0 bridgehead atoms. The van der Waals surface area contributed by atoms with Crippen molar-refractivity contribution >= 4 is 29.2 Å². The number of benzene rings is 1. The van der Waals surface area contributed by atoms with Crippen molar-refractivity contribution < 1.29 is 19.4 Å². The van der Waals surface area contributed by atoms with E-state index in [4.69, 9.17) is 27.2 Å². The zero-order valence-corrected chi connectivity index (χ0v) is 13.0. The van der Waals surface area contributed by atoms with Gasteiger partial charge in [-0.2, -0.15) is 0 Å². The molecule has 6 nitrogen and oxygen atoms in total. The van der Waals surface area contributed by atoms with Crippen LogP contribution in [-0.2, 0) is 4.79 Å². The maximum atomic E-state index is 12.1. The van der Waals surface area contributed by atoms with E-state index in [0.717, 1.165) is 6.42 Å². The lowest BCUT2D eigenvalue weighted by Gasteiger charge is -2.23. The van der Waals surface area contributed by atoms with Crippen LogP contribution in [0, 0.1) is 0 Å². The van der Waals surface area contributed by atoms with Crippen LogP contribution in [0.3, 0.4) is 0 Å². The van der Waals surface area contributed by atoms with Gasteiger partial charge in [-0.25, -0.2) is 4.79 Å². The highest BCUT2D eigenvalue weighted by Gasteiger charge is 2.28. The second-order valence-electron chi connectivity index (χ2n) is 4.96. The molecule has 4 N–H and O–H groups in total. The number of methoxy groups -OCH3 is 1. The Hall–Kier alpha value is -1.79. The van der Waals surface area contributed by atoms with Crippen LogP contribution >= 0.6 is 11.6 Å². The van der Waals surface area contributed by atoms with Crippen molar-refractivity contribution in [1.29, 1.82) is 0 Å². The number of aromatic carboxylic acids is 1. The summed E-state index contributed by atoms with van der Waals surface area (Å²) in [4.78, 5) is 23.2. The number of nitrogens with one attached hydrogen (secondary N) is 1. The summed E-state index contributed by atoms with van der Waals surface area (Å²) in [5.74, 6) is -1.45. The second-order valence-corrected chi connectivity index (χ2v) is 5.37. The van der Waals surface area contributed by atoms with Gasteiger partial charge in [0.2, 0.25) is 5.91 Å². The summed E-state index contributed by atoms with van der Waals surface area (Å²) in [6.07, 6.45) is 1.27. The molecule has 1 unspecified atom stereocenters. The fourth-order valence-electron chi connectivity index (χ4n) is 1.88. The number of amides is 1. The van der Waals surface area contributed by atoms with Crippen LogP contribution in [-0.4, -0.2) is 29.6 Å². The Morgan fingerprint density at radius 1 is 1.48 bits per heavy atom. The lowest BCUT2D eigenvalue weighted by Crippen LogP contribution is -2.48. The fourth-order valence-corrected chi connectivity index (χ4v) is 2.09. The maximum absolute atomic E-state index is 12.1. The molecule has 0 radical (unpaired) electrons. The molecule has 0 saturated heterocycles. The molecular formula is C14H19ClN2O4. The van der Waals surface area contributed by atoms with Crippen LogP contribution in [0.25, 0.3) is 0 Å². The molecule has 1 atom stereocenters. The average molecular weight is 315 g/mol. The van der Waals surface area contributed by atoms with Crippen LogP contribution in [0.5, 0.6) is 5.75 Å². The van der Waals surface area contributed by atoms with Gasteiger partial charge in [-0.3, -0.25) is 4.79 Å². The molecule has 1 aromatic carbocycles. The van der Waals surface area contributed by atoms with Gasteiger partial charge in [-0.05, 0) is 19.4 Å². The summed E-state index contributed by atoms with van der Waals surface area (Å²) in [7, 11) is 1.34. The van der Waals surface area contributed by atoms with E-state index < -0.39 is 17.4 Å². The van der Waals surface area contributed by atoms with Gasteiger partial charge in [0.25, 0.3) is 0 Å². The zero-order valence-electron chi connectivity index (χ0n) is 12.2. The van der Waals surface area contributed by atoms with Crippen molar-refractivity contribution in [2.45, 2.75) is 32.2 Å². The minimum absolute atomic E-state index is 0.0791. The number of halogens is 1. The molecule has 0 aliphatic heterocycles. The standard InChI is InChI=1S/C14H19ClN2O4/c1-4-5-14(2,16)13(20)17-10-7-11(21-3)8(12(18)19)6-9(10)15/h6-7H,4-5,16H2,1-3H3,(H,17,20)(H,18,19). The number of carboxylic acid groups (broad SMARTS) is 1. The van der Waals surface area contributed by atoms with E-state index in [-0.39, 0.29) is 22.0 Å². The van der Waals surface area contributed by atoms with Crippen molar-refractivity contribution in [1.82, 2.24) is 0 Å². The number of nitrogens with two attached hydrogens (primary N) is 1. The Bertz CT molecular complexity index is 558. The van der Waals surface area contributed by atoms with Gasteiger partial charge < -0.3 is 20.9 Å². The van der Waals surface area contributed by atoms with Crippen molar-refractivity contribution in [3.05, 3.63) is 22.7 Å². The third kappa shape index (κ3) is 4.09. The molecule has 0 aliphatic carbocycles. The molecule has 7 heteroatoms. The highest BCUT2D eigenvalue weighted by molar-refractivity contribution is 6.34. The van der Waals surface area contributed by atoms with Crippen LogP contribution in [0.4, 0.5) is 5.69 Å². The summed E-state index contributed by atoms with van der Waals surface area (Å²) in [5, 5.41) is 11.8. The maximum Gasteiger partial charge on any atom is 0.339 e. The molecule has 1 aromatic rings. The first kappa shape index (κ1) is 17.3. The van der Waals surface area contributed by atoms with E-state index in [1.165, 1.54) is 19.2 Å². The van der Waals surface area contributed by atoms with Crippen LogP contribution in [0.2, 0.25) is 5.02 Å². The molecule has 1 rings (SSSR count). The van der Waals surface area contributed by atoms with E-state index in [0.29, 0.717) is 6.42 Å². The summed E-state index contributed by atoms with van der Waals surface area (Å²) >= 11 is 6.00. The monoisotopic (exact) mass is 314 g/mol. The highest BCUT2D eigenvalue weighted by Crippen LogP contribution is 2.31. The Morgan fingerprint density at radius 3 is 2.57 bits per heavy atom. The first-order valence-corrected chi connectivity index (χ1v) is 6.82. The van der Waals surface area contributed by atoms with Gasteiger partial charge in [0.1, 0.15) is 11.3 Å². The summed E-state index contributed by atoms with van der Waals surface area (Å²) in [6, 6.07) is 2.59. The van der Waals surface area contributed by atoms with Gasteiger partial charge in [-0.15, -0.1) is 0 Å². The molecule has 116 valence electrons. The van der Waals surface area contributed by atoms with Crippen molar-refractivity contribution in [2.75, 3.05) is 12.4 Å². The third-order valence-corrected chi connectivity index (χ3v) is 3.37. The van der Waals surface area contributed by atoms with E-state index >= 15 is 0 Å². The zero-order chi connectivity index (χ0) is 16.2. The number of rotatable bonds is 6. The summed E-state index contributed by atoms with van der Waals surface area (Å²) < 4.78 is 4.99. The molecule has 0 saturated carbocycles. The van der Waals surface area contributed by atoms with Crippen LogP contribution < -0.4 is 15.8 Å². The van der Waals surface area contributed by atoms with Crippen molar-refractivity contribution in [3.8, 4) is 5.75 Å². The van der Waals surface area contributed by atoms with Crippen molar-refractivity contribution in [2.24, 2.45) is 5.73 Å². The van der Waals surface area contributed by atoms with Gasteiger partial charge in [0.15, 0.2) is 0 Å². The van der Waals surface area contributed by atoms with E-state index in [2.05, 4.69) is 5.32 Å². The normalized spacial score (nSPS) is 13.4. The quantitative estimate of drug-likeness (QED) is 0.748. The molecule has 0 aliphatic rings. The topological polar surface area (TPSA) is 102 Å². The van der Waals surface area contributed by atoms with E-state index in [1.807, 2.05) is 6.92 Å². The van der Waals surface area contributed by atoms with Gasteiger partial charge in [0, 0.05) is 6.07 Å². The number of carbonyl (C=O) groups excluding carboxylic acids is 1. The molecule has 1 amide bonds. The first-order chi connectivity index (χ1) is 9.72. The van der Waals surface area contributed by atoms with Gasteiger partial charge in [-0.1, -0.05) is 24.9 Å². The minimum atomic E-state index is -1.17. The van der Waals surface area contributed by atoms with E-state index in [9.17, 15) is 9.59 Å². The fraction of sp³-hybridized carbons (Fsp3) is 0.429. The lowest BCUT2D eigenvalue weighted by molar-refractivity contribution is -0.120. The van der Waals surface area contributed by atoms with Crippen molar-refractivity contribution in [3.63, 3.8) is 0 Å². The molecule has 0 heterocycles. The SMILES string of the molecule is CCCC(C)(N)C(=O)Nc1cc(OC)c(C(=O)O)cc1Cl. The Kier molecular flexibility index (Phi) is 5.57. The predicted molar refractivity (Wildman–Crippen MR) is 81.1 cm³/mol. The number of hydrogen-bond donors (Lipinski definition) is 3. The molecule has 0 aromatic heterocycles. The first-order valence-electron chi connectivity index (χ1n) is 6.44. The second kappa shape index (κ2) is 6.78. The molecule has 21 heavy (non-hydrogen) atoms. The largest absolute Gasteiger partial charge is 0.496 e. The number of anilines is 1. The number of ether oxygens (including phenoxy) is 1. The number of hydrogen-bond acceptors (Lipinski definition) is 4. The van der Waals surface area contributed by atoms with Crippen LogP contribution in [0.15, 0.2) is 12.1 Å². The lowest BCUT2D eigenvalue weighted by atomic mass is 9.96. The Labute approximate surface area is 128 Å². The van der Waals surface area contributed by atoms with Gasteiger partial charge in [0.05, 0.1) is 23.4 Å². The average Bonchev–Trinajstić information content (AvgIpc) is 2.40.